The highest BCUT2D eigenvalue weighted by Crippen LogP contribution is 2.28. The highest BCUT2D eigenvalue weighted by Gasteiger charge is 2.26. The van der Waals surface area contributed by atoms with Crippen molar-refractivity contribution < 1.29 is 4.79 Å². The van der Waals surface area contributed by atoms with Crippen molar-refractivity contribution in [2.75, 3.05) is 0 Å². The zero-order valence-electron chi connectivity index (χ0n) is 8.40. The number of nitrogens with zero attached hydrogens (tertiary/aromatic N) is 1. The summed E-state index contributed by atoms with van der Waals surface area (Å²) in [5.74, 6) is -0.428. The first-order chi connectivity index (χ1) is 7.77. The Labute approximate surface area is 91.3 Å². The van der Waals surface area contributed by atoms with Crippen molar-refractivity contribution in [1.82, 2.24) is 10.4 Å². The highest BCUT2D eigenvalue weighted by molar-refractivity contribution is 5.99. The van der Waals surface area contributed by atoms with Crippen LogP contribution in [0.15, 0.2) is 29.4 Å². The number of hydrogen-bond acceptors (Lipinski definition) is 3. The number of fused-ring (bicyclic) bond motifs is 3. The Kier molecular flexibility index (Phi) is 1.73. The summed E-state index contributed by atoms with van der Waals surface area (Å²) in [5, 5.41) is 4.91. The molecule has 0 saturated carbocycles. The van der Waals surface area contributed by atoms with E-state index in [2.05, 4.69) is 15.5 Å². The molecule has 5 nitrogen and oxygen atoms in total. The number of hydrazone groups is 1. The van der Waals surface area contributed by atoms with E-state index in [4.69, 9.17) is 5.73 Å². The van der Waals surface area contributed by atoms with Gasteiger partial charge >= 0.3 is 0 Å². The molecule has 0 bridgehead atoms. The summed E-state index contributed by atoms with van der Waals surface area (Å²) in [7, 11) is 0. The Morgan fingerprint density at radius 2 is 2.19 bits per heavy atom. The summed E-state index contributed by atoms with van der Waals surface area (Å²) >= 11 is 0. The molecule has 1 unspecified atom stereocenters. The molecule has 0 fully saturated rings. The number of aromatic nitrogens is 1. The Balaban J connectivity index is 2.33. The van der Waals surface area contributed by atoms with Crippen LogP contribution in [0.5, 0.6) is 0 Å². The maximum absolute atomic E-state index is 11.3. The minimum atomic E-state index is -0.559. The molecule has 3 rings (SSSR count). The molecular formula is C11H10N4O. The lowest BCUT2D eigenvalue weighted by Gasteiger charge is -2.16. The van der Waals surface area contributed by atoms with Crippen LogP contribution in [-0.2, 0) is 4.79 Å². The number of para-hydroxylation sites is 1. The molecule has 16 heavy (non-hydrogen) atoms. The number of carbonyl (C=O) groups is 1. The maximum atomic E-state index is 11.3. The van der Waals surface area contributed by atoms with Crippen molar-refractivity contribution in [3.05, 3.63) is 35.5 Å². The van der Waals surface area contributed by atoms with Gasteiger partial charge in [0.05, 0.1) is 11.9 Å². The number of nitrogens with one attached hydrogen (secondary N) is 2. The Morgan fingerprint density at radius 3 is 3.00 bits per heavy atom. The fraction of sp³-hybridized carbons (Fsp3) is 0.0909. The minimum absolute atomic E-state index is 0.428. The van der Waals surface area contributed by atoms with Crippen molar-refractivity contribution in [3.63, 3.8) is 0 Å². The van der Waals surface area contributed by atoms with Crippen LogP contribution in [-0.4, -0.2) is 17.1 Å². The van der Waals surface area contributed by atoms with Crippen LogP contribution in [0.4, 0.5) is 0 Å². The molecule has 1 aromatic carbocycles. The zero-order chi connectivity index (χ0) is 11.1. The third-order valence-electron chi connectivity index (χ3n) is 2.75. The van der Waals surface area contributed by atoms with Crippen molar-refractivity contribution in [3.8, 4) is 0 Å². The fourth-order valence-electron chi connectivity index (χ4n) is 2.04. The number of amides is 1. The van der Waals surface area contributed by atoms with Gasteiger partial charge in [0.2, 0.25) is 5.91 Å². The van der Waals surface area contributed by atoms with Crippen molar-refractivity contribution in [2.24, 2.45) is 10.8 Å². The number of rotatable bonds is 1. The van der Waals surface area contributed by atoms with Gasteiger partial charge in [-0.05, 0) is 6.07 Å². The Hall–Kier alpha value is -2.30. The Bertz CT molecular complexity index is 599. The predicted molar refractivity (Wildman–Crippen MR) is 61.0 cm³/mol. The van der Waals surface area contributed by atoms with Crippen LogP contribution in [0.2, 0.25) is 0 Å². The fourth-order valence-corrected chi connectivity index (χ4v) is 2.04. The SMILES string of the molecule is NC(=O)C1NN=Cc2[nH]c3ccccc3c21. The monoisotopic (exact) mass is 214 g/mol. The second kappa shape index (κ2) is 3.10. The largest absolute Gasteiger partial charge is 0.368 e. The molecule has 0 radical (unpaired) electrons. The number of carbonyl (C=O) groups excluding carboxylic acids is 1. The van der Waals surface area contributed by atoms with Crippen LogP contribution in [0.3, 0.4) is 0 Å². The summed E-state index contributed by atoms with van der Waals surface area (Å²) in [5.41, 5.74) is 10.8. The molecule has 2 aromatic rings. The maximum Gasteiger partial charge on any atom is 0.246 e. The first kappa shape index (κ1) is 8.96. The van der Waals surface area contributed by atoms with Crippen LogP contribution < -0.4 is 11.2 Å². The Morgan fingerprint density at radius 1 is 1.38 bits per heavy atom. The van der Waals surface area contributed by atoms with E-state index in [1.54, 1.807) is 6.21 Å². The molecular weight excluding hydrogens is 204 g/mol. The second-order valence-corrected chi connectivity index (χ2v) is 3.72. The quantitative estimate of drug-likeness (QED) is 0.650. The van der Waals surface area contributed by atoms with Gasteiger partial charge in [-0.15, -0.1) is 0 Å². The van der Waals surface area contributed by atoms with E-state index < -0.39 is 11.9 Å². The van der Waals surface area contributed by atoms with E-state index in [-0.39, 0.29) is 0 Å². The number of aromatic amines is 1. The number of nitrogens with two attached hydrogens (primary N) is 1. The van der Waals surface area contributed by atoms with Crippen molar-refractivity contribution in [1.29, 1.82) is 0 Å². The first-order valence-electron chi connectivity index (χ1n) is 4.96. The molecule has 2 heterocycles. The number of benzene rings is 1. The summed E-state index contributed by atoms with van der Waals surface area (Å²) < 4.78 is 0. The van der Waals surface area contributed by atoms with Gasteiger partial charge in [0.1, 0.15) is 6.04 Å². The summed E-state index contributed by atoms with van der Waals surface area (Å²) in [4.78, 5) is 14.5. The minimum Gasteiger partial charge on any atom is -0.368 e. The average Bonchev–Trinajstić information content (AvgIpc) is 2.66. The molecule has 4 N–H and O–H groups in total. The van der Waals surface area contributed by atoms with Crippen LogP contribution in [0.1, 0.15) is 17.3 Å². The summed E-state index contributed by atoms with van der Waals surface area (Å²) in [6.07, 6.45) is 1.66. The third-order valence-corrected chi connectivity index (χ3v) is 2.75. The van der Waals surface area contributed by atoms with E-state index in [1.165, 1.54) is 0 Å². The molecule has 80 valence electrons. The van der Waals surface area contributed by atoms with Gasteiger partial charge < -0.3 is 10.7 Å². The lowest BCUT2D eigenvalue weighted by molar-refractivity contribution is -0.120. The van der Waals surface area contributed by atoms with Crippen LogP contribution in [0, 0.1) is 0 Å². The van der Waals surface area contributed by atoms with E-state index >= 15 is 0 Å². The molecule has 5 heteroatoms. The van der Waals surface area contributed by atoms with Crippen LogP contribution >= 0.6 is 0 Å². The van der Waals surface area contributed by atoms with E-state index in [1.807, 2.05) is 24.3 Å². The van der Waals surface area contributed by atoms with E-state index in [0.717, 1.165) is 22.2 Å². The van der Waals surface area contributed by atoms with Crippen molar-refractivity contribution >= 4 is 23.0 Å². The van der Waals surface area contributed by atoms with Gasteiger partial charge in [-0.1, -0.05) is 18.2 Å². The van der Waals surface area contributed by atoms with E-state index in [0.29, 0.717) is 0 Å². The molecule has 0 aliphatic carbocycles. The predicted octanol–water partition coefficient (Wildman–Crippen LogP) is 0.631. The van der Waals surface area contributed by atoms with Gasteiger partial charge in [0.25, 0.3) is 0 Å². The zero-order valence-corrected chi connectivity index (χ0v) is 8.40. The molecule has 1 aliphatic heterocycles. The molecule has 0 saturated heterocycles. The second-order valence-electron chi connectivity index (χ2n) is 3.72. The van der Waals surface area contributed by atoms with E-state index in [9.17, 15) is 4.79 Å². The molecule has 1 amide bonds. The first-order valence-corrected chi connectivity index (χ1v) is 4.96. The number of hydrogen-bond donors (Lipinski definition) is 3. The van der Waals surface area contributed by atoms with Gasteiger partial charge in [0.15, 0.2) is 0 Å². The molecule has 0 spiro atoms. The summed E-state index contributed by atoms with van der Waals surface area (Å²) in [6.45, 7) is 0. The third kappa shape index (κ3) is 1.11. The normalized spacial score (nSPS) is 18.1. The average molecular weight is 214 g/mol. The van der Waals surface area contributed by atoms with Gasteiger partial charge in [-0.25, -0.2) is 0 Å². The standard InChI is InChI=1S/C11H10N4O/c12-11(16)10-9-6-3-1-2-4-7(6)14-8(9)5-13-15-10/h1-5,10,14-15H,(H2,12,16). The topological polar surface area (TPSA) is 83.3 Å². The van der Waals surface area contributed by atoms with Crippen molar-refractivity contribution in [2.45, 2.75) is 6.04 Å². The van der Waals surface area contributed by atoms with Crippen LogP contribution in [0.25, 0.3) is 10.9 Å². The smallest absolute Gasteiger partial charge is 0.246 e. The summed E-state index contributed by atoms with van der Waals surface area (Å²) in [6, 6.07) is 7.23. The number of H-pyrrole nitrogens is 1. The molecule has 1 aromatic heterocycles. The molecule has 1 aliphatic rings. The lowest BCUT2D eigenvalue weighted by atomic mass is 10.0. The van der Waals surface area contributed by atoms with Gasteiger partial charge in [-0.3, -0.25) is 10.2 Å². The number of primary amides is 1. The molecule has 1 atom stereocenters. The van der Waals surface area contributed by atoms with Gasteiger partial charge in [-0.2, -0.15) is 5.10 Å². The highest BCUT2D eigenvalue weighted by atomic mass is 16.1. The van der Waals surface area contributed by atoms with Gasteiger partial charge in [0, 0.05) is 16.5 Å². The lowest BCUT2D eigenvalue weighted by Crippen LogP contribution is -2.33.